The van der Waals surface area contributed by atoms with Crippen molar-refractivity contribution in [2.45, 2.75) is 227 Å². The second kappa shape index (κ2) is 19.2. The fourth-order valence-corrected chi connectivity index (χ4v) is 11.1. The first-order chi connectivity index (χ1) is 30.2. The zero-order chi connectivity index (χ0) is 44.6. The van der Waals surface area contributed by atoms with Crippen LogP contribution in [0.5, 0.6) is 0 Å². The van der Waals surface area contributed by atoms with Gasteiger partial charge >= 0.3 is 14.2 Å². The second-order valence-electron chi connectivity index (χ2n) is 22.1. The molecule has 1 atom stereocenters. The molecule has 340 valence electrons. The highest BCUT2D eigenvalue weighted by Crippen LogP contribution is 2.48. The molecule has 63 heavy (non-hydrogen) atoms. The third kappa shape index (κ3) is 9.18. The summed E-state index contributed by atoms with van der Waals surface area (Å²) in [5.74, 6) is 0.594. The largest absolute Gasteiger partial charge is 0.495 e. The Bertz CT molecular complexity index is 2250. The van der Waals surface area contributed by atoms with Crippen molar-refractivity contribution in [1.29, 1.82) is 0 Å². The molecule has 2 aliphatic rings. The summed E-state index contributed by atoms with van der Waals surface area (Å²) in [4.78, 5) is 0. The molecule has 0 saturated carbocycles. The molecule has 3 heterocycles. The van der Waals surface area contributed by atoms with Gasteiger partial charge in [0.2, 0.25) is 0 Å². The Morgan fingerprint density at radius 3 is 1.10 bits per heavy atom. The summed E-state index contributed by atoms with van der Waals surface area (Å²) >= 11 is 0. The molecule has 0 N–H and O–H groups in total. The van der Waals surface area contributed by atoms with Crippen LogP contribution in [0.2, 0.25) is 0 Å². The number of hydrogen-bond acceptors (Lipinski definition) is 4. The van der Waals surface area contributed by atoms with E-state index >= 15 is 0 Å². The molecule has 0 amide bonds. The van der Waals surface area contributed by atoms with Gasteiger partial charge in [0.1, 0.15) is 0 Å². The zero-order valence-corrected chi connectivity index (χ0v) is 41.3. The Labute approximate surface area is 382 Å². The van der Waals surface area contributed by atoms with Crippen LogP contribution in [0.1, 0.15) is 198 Å². The third-order valence-corrected chi connectivity index (χ3v) is 16.4. The molecule has 1 unspecified atom stereocenters. The standard InChI is InChI=1S/C56H81B2NO4/c1-11-13-15-17-19-21-22-24-26-28-32-40(31-27-25-23-20-18-16-14-12-2)39-59-47-37-45(57-60-53(3,4)54(5,6)61-57)43-35-29-33-41-42-34-30-36-44-46(58-62-55(7,8)56(9,10)63-58)38-48(59)52(50(42)44)51(47)49(41)43/h29-30,33-38,40H,11-28,31-32,39H2,1-10H3. The predicted molar refractivity (Wildman–Crippen MR) is 273 cm³/mol. The van der Waals surface area contributed by atoms with Crippen molar-refractivity contribution in [2.24, 2.45) is 5.92 Å². The minimum Gasteiger partial charge on any atom is -0.399 e. The van der Waals surface area contributed by atoms with Gasteiger partial charge in [-0.2, -0.15) is 0 Å². The molecule has 2 fully saturated rings. The molecule has 0 spiro atoms. The molecule has 1 aromatic heterocycles. The molecule has 2 saturated heterocycles. The van der Waals surface area contributed by atoms with Gasteiger partial charge in [0, 0.05) is 28.4 Å². The third-order valence-electron chi connectivity index (χ3n) is 16.4. The van der Waals surface area contributed by atoms with E-state index in [9.17, 15) is 0 Å². The van der Waals surface area contributed by atoms with Crippen LogP contribution in [0.3, 0.4) is 0 Å². The Morgan fingerprint density at radius 1 is 0.429 bits per heavy atom. The van der Waals surface area contributed by atoms with Gasteiger partial charge in [0.05, 0.1) is 22.4 Å². The average molecular weight is 854 g/mol. The lowest BCUT2D eigenvalue weighted by Gasteiger charge is -2.32. The molecule has 7 heteroatoms. The fraction of sp³-hybridized carbons (Fsp3) is 0.643. The van der Waals surface area contributed by atoms with Gasteiger partial charge in [0.15, 0.2) is 0 Å². The number of fused-ring (bicyclic) bond motifs is 1. The van der Waals surface area contributed by atoms with Crippen molar-refractivity contribution in [1.82, 2.24) is 4.57 Å². The fourth-order valence-electron chi connectivity index (χ4n) is 11.1. The first kappa shape index (κ1) is 46.7. The summed E-state index contributed by atoms with van der Waals surface area (Å²) in [7, 11) is -0.920. The zero-order valence-electron chi connectivity index (χ0n) is 41.3. The lowest BCUT2D eigenvalue weighted by molar-refractivity contribution is 0.00578. The molecule has 2 aliphatic heterocycles. The van der Waals surface area contributed by atoms with E-state index < -0.39 is 36.6 Å². The maximum absolute atomic E-state index is 6.90. The topological polar surface area (TPSA) is 41.9 Å². The van der Waals surface area contributed by atoms with Crippen LogP contribution >= 0.6 is 0 Å². The summed E-state index contributed by atoms with van der Waals surface area (Å²) in [5.41, 5.74) is 3.14. The van der Waals surface area contributed by atoms with Gasteiger partial charge in [-0.3, -0.25) is 0 Å². The summed E-state index contributed by atoms with van der Waals surface area (Å²) in [6.45, 7) is 23.0. The van der Waals surface area contributed by atoms with Gasteiger partial charge in [-0.15, -0.1) is 0 Å². The second-order valence-corrected chi connectivity index (χ2v) is 22.1. The van der Waals surface area contributed by atoms with Crippen LogP contribution in [-0.2, 0) is 25.2 Å². The molecular weight excluding hydrogens is 772 g/mol. The normalized spacial score (nSPS) is 18.8. The summed E-state index contributed by atoms with van der Waals surface area (Å²) in [6, 6.07) is 18.7. The number of nitrogens with zero attached hydrogens (tertiary/aromatic N) is 1. The number of rotatable bonds is 24. The van der Waals surface area contributed by atoms with Crippen molar-refractivity contribution in [3.63, 3.8) is 0 Å². The van der Waals surface area contributed by atoms with Crippen LogP contribution in [0.25, 0.3) is 54.1 Å². The van der Waals surface area contributed by atoms with E-state index in [-0.39, 0.29) is 0 Å². The van der Waals surface area contributed by atoms with Gasteiger partial charge in [-0.25, -0.2) is 0 Å². The molecule has 0 bridgehead atoms. The Hall–Kier alpha value is -2.83. The van der Waals surface area contributed by atoms with Crippen molar-refractivity contribution in [2.75, 3.05) is 0 Å². The van der Waals surface area contributed by atoms with E-state index in [0.717, 1.165) is 17.5 Å². The predicted octanol–water partition coefficient (Wildman–Crippen LogP) is 15.2. The molecule has 5 nitrogen and oxygen atoms in total. The van der Waals surface area contributed by atoms with Crippen LogP contribution in [0.4, 0.5) is 0 Å². The number of benzene rings is 5. The quantitative estimate of drug-likeness (QED) is 0.0263. The van der Waals surface area contributed by atoms with Crippen molar-refractivity contribution >= 4 is 79.3 Å². The molecule has 0 radical (unpaired) electrons. The molecule has 6 aromatic rings. The van der Waals surface area contributed by atoms with E-state index in [1.165, 1.54) is 183 Å². The minimum atomic E-state index is -0.460. The highest BCUT2D eigenvalue weighted by Gasteiger charge is 2.53. The van der Waals surface area contributed by atoms with E-state index in [0.29, 0.717) is 5.92 Å². The maximum Gasteiger partial charge on any atom is 0.495 e. The SMILES string of the molecule is CCCCCCCCCCCCC(CCCCCCCCCC)Cn1c2cc(B3OC(C)(C)C(C)(C)O3)c3cccc4c5cccc6c(B7OC(C)(C)C(C)(C)O7)cc1c(c65)c2c34. The smallest absolute Gasteiger partial charge is 0.399 e. The molecule has 8 rings (SSSR count). The van der Waals surface area contributed by atoms with Gasteiger partial charge in [-0.1, -0.05) is 166 Å². The average Bonchev–Trinajstić information content (AvgIpc) is 3.77. The van der Waals surface area contributed by atoms with Crippen LogP contribution in [0.15, 0.2) is 48.5 Å². The summed E-state index contributed by atoms with van der Waals surface area (Å²) < 4.78 is 30.3. The molecular formula is C56H81B2NO4. The minimum absolute atomic E-state index is 0.438. The van der Waals surface area contributed by atoms with E-state index in [2.05, 4.69) is 122 Å². The molecule has 5 aromatic carbocycles. The van der Waals surface area contributed by atoms with Crippen molar-refractivity contribution < 1.29 is 18.6 Å². The monoisotopic (exact) mass is 854 g/mol. The van der Waals surface area contributed by atoms with Gasteiger partial charge < -0.3 is 23.2 Å². The highest BCUT2D eigenvalue weighted by atomic mass is 16.7. The van der Waals surface area contributed by atoms with Crippen LogP contribution in [0, 0.1) is 5.92 Å². The van der Waals surface area contributed by atoms with Gasteiger partial charge in [0.25, 0.3) is 0 Å². The van der Waals surface area contributed by atoms with Crippen molar-refractivity contribution in [3.05, 3.63) is 48.5 Å². The Balaban J connectivity index is 1.21. The Kier molecular flexibility index (Phi) is 14.2. The lowest BCUT2D eigenvalue weighted by atomic mass is 9.72. The maximum atomic E-state index is 6.90. The van der Waals surface area contributed by atoms with E-state index in [1.807, 2.05) is 0 Å². The Morgan fingerprint density at radius 2 is 0.746 bits per heavy atom. The van der Waals surface area contributed by atoms with E-state index in [1.54, 1.807) is 0 Å². The van der Waals surface area contributed by atoms with Gasteiger partial charge in [-0.05, 0) is 130 Å². The van der Waals surface area contributed by atoms with Crippen LogP contribution in [-0.4, -0.2) is 41.2 Å². The lowest BCUT2D eigenvalue weighted by Crippen LogP contribution is -2.41. The van der Waals surface area contributed by atoms with Crippen molar-refractivity contribution in [3.8, 4) is 0 Å². The first-order valence-electron chi connectivity index (χ1n) is 25.9. The summed E-state index contributed by atoms with van der Waals surface area (Å²) in [6.07, 6.45) is 27.2. The molecule has 0 aliphatic carbocycles. The number of hydrogen-bond donors (Lipinski definition) is 0. The summed E-state index contributed by atoms with van der Waals surface area (Å²) in [5, 5.41) is 10.5. The van der Waals surface area contributed by atoms with E-state index in [4.69, 9.17) is 18.6 Å². The highest BCUT2D eigenvalue weighted by molar-refractivity contribution is 6.68. The first-order valence-corrected chi connectivity index (χ1v) is 25.9. The van der Waals surface area contributed by atoms with Crippen LogP contribution < -0.4 is 10.9 Å². The number of aromatic nitrogens is 1. The number of unbranched alkanes of at least 4 members (excludes halogenated alkanes) is 16.